The van der Waals surface area contributed by atoms with Gasteiger partial charge in [-0.25, -0.2) is 0 Å². The average Bonchev–Trinajstić information content (AvgIpc) is 3.11. The molecule has 1 aromatic carbocycles. The van der Waals surface area contributed by atoms with Gasteiger partial charge in [0.1, 0.15) is 30.6 Å². The number of nitriles is 1. The van der Waals surface area contributed by atoms with Crippen LogP contribution in [-0.2, 0) is 11.3 Å². The highest BCUT2D eigenvalue weighted by molar-refractivity contribution is 6.01. The molecular formula is C17H14N2O4. The number of ether oxygens (including phenoxy) is 2. The van der Waals surface area contributed by atoms with E-state index in [1.165, 1.54) is 12.3 Å². The zero-order chi connectivity index (χ0) is 16.1. The van der Waals surface area contributed by atoms with Gasteiger partial charge < -0.3 is 19.2 Å². The highest BCUT2D eigenvalue weighted by Gasteiger charge is 2.13. The second-order valence-electron chi connectivity index (χ2n) is 4.83. The quantitative estimate of drug-likeness (QED) is 0.692. The van der Waals surface area contributed by atoms with E-state index in [1.54, 1.807) is 30.3 Å². The summed E-state index contributed by atoms with van der Waals surface area (Å²) in [5, 5.41) is 11.8. The summed E-state index contributed by atoms with van der Waals surface area (Å²) in [6.45, 7) is 1.22. The van der Waals surface area contributed by atoms with Gasteiger partial charge >= 0.3 is 0 Å². The molecule has 0 spiro atoms. The lowest BCUT2D eigenvalue weighted by atomic mass is 10.1. The molecule has 116 valence electrons. The van der Waals surface area contributed by atoms with Gasteiger partial charge in [-0.2, -0.15) is 5.26 Å². The molecule has 2 heterocycles. The first-order valence-electron chi connectivity index (χ1n) is 7.08. The van der Waals surface area contributed by atoms with Gasteiger partial charge in [-0.05, 0) is 35.9 Å². The highest BCUT2D eigenvalue weighted by atomic mass is 16.6. The Morgan fingerprint density at radius 1 is 1.26 bits per heavy atom. The lowest BCUT2D eigenvalue weighted by molar-refractivity contribution is -0.117. The summed E-state index contributed by atoms with van der Waals surface area (Å²) in [4.78, 5) is 12.1. The number of nitrogens with zero attached hydrogens (tertiary/aromatic N) is 1. The van der Waals surface area contributed by atoms with Gasteiger partial charge in [0, 0.05) is 0 Å². The van der Waals surface area contributed by atoms with Gasteiger partial charge in [0.05, 0.1) is 12.8 Å². The fraction of sp³-hybridized carbons (Fsp3) is 0.176. The Morgan fingerprint density at radius 3 is 2.83 bits per heavy atom. The van der Waals surface area contributed by atoms with Crippen molar-refractivity contribution in [2.24, 2.45) is 0 Å². The van der Waals surface area contributed by atoms with E-state index in [9.17, 15) is 10.1 Å². The van der Waals surface area contributed by atoms with Crippen LogP contribution in [0.4, 0.5) is 0 Å². The number of furan rings is 1. The fourth-order valence-corrected chi connectivity index (χ4v) is 2.14. The maximum Gasteiger partial charge on any atom is 0.262 e. The number of hydrogen-bond donors (Lipinski definition) is 1. The third kappa shape index (κ3) is 3.52. The first kappa shape index (κ1) is 14.7. The van der Waals surface area contributed by atoms with Crippen molar-refractivity contribution in [3.05, 3.63) is 53.5 Å². The summed E-state index contributed by atoms with van der Waals surface area (Å²) in [6, 6.07) is 10.7. The molecule has 0 fully saturated rings. The van der Waals surface area contributed by atoms with Gasteiger partial charge in [0.25, 0.3) is 5.91 Å². The minimum atomic E-state index is -0.459. The van der Waals surface area contributed by atoms with Gasteiger partial charge in [-0.1, -0.05) is 6.07 Å². The molecule has 6 nitrogen and oxygen atoms in total. The second-order valence-corrected chi connectivity index (χ2v) is 4.83. The van der Waals surface area contributed by atoms with Crippen LogP contribution in [0.2, 0.25) is 0 Å². The van der Waals surface area contributed by atoms with Crippen LogP contribution in [0.5, 0.6) is 11.5 Å². The van der Waals surface area contributed by atoms with Crippen LogP contribution in [0.15, 0.2) is 46.6 Å². The normalized spacial score (nSPS) is 13.3. The number of carbonyl (C=O) groups is 1. The van der Waals surface area contributed by atoms with Gasteiger partial charge in [0.15, 0.2) is 11.5 Å². The number of nitrogens with one attached hydrogen (secondary N) is 1. The number of fused-ring (bicyclic) bond motifs is 1. The van der Waals surface area contributed by atoms with Gasteiger partial charge in [-0.3, -0.25) is 4.79 Å². The number of carbonyl (C=O) groups excluding carboxylic acids is 1. The zero-order valence-corrected chi connectivity index (χ0v) is 12.2. The summed E-state index contributed by atoms with van der Waals surface area (Å²) in [5.41, 5.74) is 0.701. The number of rotatable bonds is 4. The van der Waals surface area contributed by atoms with Crippen LogP contribution in [0.1, 0.15) is 11.3 Å². The number of hydrogen-bond acceptors (Lipinski definition) is 5. The number of amides is 1. The third-order valence-electron chi connectivity index (χ3n) is 3.25. The Balaban J connectivity index is 1.73. The maximum absolute atomic E-state index is 12.1. The largest absolute Gasteiger partial charge is 0.486 e. The monoisotopic (exact) mass is 310 g/mol. The van der Waals surface area contributed by atoms with E-state index in [2.05, 4.69) is 5.32 Å². The highest BCUT2D eigenvalue weighted by Crippen LogP contribution is 2.31. The standard InChI is InChI=1S/C17H14N2O4/c18-10-13(17(20)19-11-14-2-1-5-21-14)8-12-3-4-15-16(9-12)23-7-6-22-15/h1-5,8-9H,6-7,11H2,(H,19,20). The molecule has 2 aromatic rings. The van der Waals surface area contributed by atoms with E-state index >= 15 is 0 Å². The van der Waals surface area contributed by atoms with Crippen molar-refractivity contribution < 1.29 is 18.7 Å². The smallest absolute Gasteiger partial charge is 0.262 e. The summed E-state index contributed by atoms with van der Waals surface area (Å²) in [7, 11) is 0. The average molecular weight is 310 g/mol. The van der Waals surface area contributed by atoms with Gasteiger partial charge in [-0.15, -0.1) is 0 Å². The van der Waals surface area contributed by atoms with Crippen molar-refractivity contribution in [2.75, 3.05) is 13.2 Å². The Labute approximate surface area is 132 Å². The summed E-state index contributed by atoms with van der Waals surface area (Å²) in [6.07, 6.45) is 3.04. The molecule has 0 saturated heterocycles. The zero-order valence-electron chi connectivity index (χ0n) is 12.2. The van der Waals surface area contributed by atoms with Crippen LogP contribution in [-0.4, -0.2) is 19.1 Å². The minimum absolute atomic E-state index is 0.00762. The predicted octanol–water partition coefficient (Wildman–Crippen LogP) is 2.27. The van der Waals surface area contributed by atoms with E-state index in [1.807, 2.05) is 6.07 Å². The Bertz CT molecular complexity index is 772. The molecule has 0 unspecified atom stereocenters. The van der Waals surface area contributed by atoms with E-state index in [0.717, 1.165) is 0 Å². The van der Waals surface area contributed by atoms with Crippen molar-refractivity contribution in [1.29, 1.82) is 5.26 Å². The van der Waals surface area contributed by atoms with Crippen LogP contribution < -0.4 is 14.8 Å². The first-order chi connectivity index (χ1) is 11.3. The van der Waals surface area contributed by atoms with Crippen LogP contribution in [0.3, 0.4) is 0 Å². The molecule has 0 aliphatic carbocycles. The maximum atomic E-state index is 12.1. The molecule has 1 aliphatic heterocycles. The minimum Gasteiger partial charge on any atom is -0.486 e. The molecule has 23 heavy (non-hydrogen) atoms. The lowest BCUT2D eigenvalue weighted by Crippen LogP contribution is -2.23. The molecule has 0 atom stereocenters. The summed E-state index contributed by atoms with van der Waals surface area (Å²) in [5.74, 6) is 1.43. The van der Waals surface area contributed by atoms with Gasteiger partial charge in [0.2, 0.25) is 0 Å². The Hall–Kier alpha value is -3.20. The predicted molar refractivity (Wildman–Crippen MR) is 81.6 cm³/mol. The lowest BCUT2D eigenvalue weighted by Gasteiger charge is -2.18. The second kappa shape index (κ2) is 6.71. The Morgan fingerprint density at radius 2 is 2.09 bits per heavy atom. The Kier molecular flexibility index (Phi) is 4.29. The third-order valence-corrected chi connectivity index (χ3v) is 3.25. The molecule has 0 saturated carbocycles. The summed E-state index contributed by atoms with van der Waals surface area (Å²) < 4.78 is 16.1. The van der Waals surface area contributed by atoms with Crippen molar-refractivity contribution in [3.8, 4) is 17.6 Å². The SMILES string of the molecule is N#CC(=Cc1ccc2c(c1)OCCO2)C(=O)NCc1ccco1. The molecule has 3 rings (SSSR count). The molecule has 1 N–H and O–H groups in total. The van der Waals surface area contributed by atoms with Crippen molar-refractivity contribution in [2.45, 2.75) is 6.54 Å². The molecule has 1 aliphatic rings. The van der Waals surface area contributed by atoms with E-state index in [0.29, 0.717) is 36.0 Å². The topological polar surface area (TPSA) is 84.5 Å². The molecule has 1 amide bonds. The van der Waals surface area contributed by atoms with Crippen molar-refractivity contribution >= 4 is 12.0 Å². The molecule has 0 radical (unpaired) electrons. The van der Waals surface area contributed by atoms with Crippen LogP contribution >= 0.6 is 0 Å². The van der Waals surface area contributed by atoms with Crippen molar-refractivity contribution in [1.82, 2.24) is 5.32 Å². The van der Waals surface area contributed by atoms with E-state index in [4.69, 9.17) is 13.9 Å². The molecule has 6 heteroatoms. The first-order valence-corrected chi connectivity index (χ1v) is 7.08. The molecule has 1 aromatic heterocycles. The fourth-order valence-electron chi connectivity index (χ4n) is 2.14. The molecule has 0 bridgehead atoms. The summed E-state index contributed by atoms with van der Waals surface area (Å²) >= 11 is 0. The van der Waals surface area contributed by atoms with Crippen molar-refractivity contribution in [3.63, 3.8) is 0 Å². The molecular weight excluding hydrogens is 296 g/mol. The van der Waals surface area contributed by atoms with Crippen LogP contribution in [0, 0.1) is 11.3 Å². The van der Waals surface area contributed by atoms with E-state index < -0.39 is 5.91 Å². The van der Waals surface area contributed by atoms with Crippen LogP contribution in [0.25, 0.3) is 6.08 Å². The number of benzene rings is 1. The van der Waals surface area contributed by atoms with E-state index in [-0.39, 0.29) is 12.1 Å².